The molecule has 0 heterocycles. The number of nitrogens with zero attached hydrogens (tertiary/aromatic N) is 1. The molecule has 1 aromatic carbocycles. The standard InChI is InChI=1S/C17H26N2O/c1-3-4-5-6-7-11-14-17(20)19-18-15(2)16-12-9-8-10-13-16/h8-10,12-13H,3-7,11,14H2,1-2H3,(H,19,20). The Morgan fingerprint density at radius 3 is 2.40 bits per heavy atom. The average molecular weight is 274 g/mol. The molecule has 0 aliphatic rings. The summed E-state index contributed by atoms with van der Waals surface area (Å²) in [6.07, 6.45) is 7.72. The van der Waals surface area contributed by atoms with E-state index in [1.807, 2.05) is 37.3 Å². The van der Waals surface area contributed by atoms with Gasteiger partial charge in [-0.25, -0.2) is 5.43 Å². The van der Waals surface area contributed by atoms with E-state index in [1.165, 1.54) is 25.7 Å². The number of carbonyl (C=O) groups excluding carboxylic acids is 1. The van der Waals surface area contributed by atoms with Crippen LogP contribution in [-0.4, -0.2) is 11.6 Å². The highest BCUT2D eigenvalue weighted by molar-refractivity contribution is 5.99. The molecule has 20 heavy (non-hydrogen) atoms. The predicted octanol–water partition coefficient (Wildman–Crippen LogP) is 4.28. The summed E-state index contributed by atoms with van der Waals surface area (Å²) in [5.74, 6) is 0.00997. The Kier molecular flexibility index (Phi) is 8.36. The molecule has 0 unspecified atom stereocenters. The van der Waals surface area contributed by atoms with Gasteiger partial charge in [0.25, 0.3) is 0 Å². The third-order valence-corrected chi connectivity index (χ3v) is 3.30. The molecule has 0 fully saturated rings. The van der Waals surface area contributed by atoms with Crippen LogP contribution in [0.4, 0.5) is 0 Å². The monoisotopic (exact) mass is 274 g/mol. The Balaban J connectivity index is 2.19. The second-order valence-electron chi connectivity index (χ2n) is 5.12. The summed E-state index contributed by atoms with van der Waals surface area (Å²) in [4.78, 5) is 11.6. The van der Waals surface area contributed by atoms with E-state index >= 15 is 0 Å². The first kappa shape index (κ1) is 16.4. The van der Waals surface area contributed by atoms with E-state index in [9.17, 15) is 4.79 Å². The van der Waals surface area contributed by atoms with Gasteiger partial charge in [0, 0.05) is 6.42 Å². The number of hydrogen-bond donors (Lipinski definition) is 1. The van der Waals surface area contributed by atoms with Gasteiger partial charge in [-0.3, -0.25) is 4.79 Å². The third kappa shape index (κ3) is 7.07. The van der Waals surface area contributed by atoms with Crippen molar-refractivity contribution in [1.29, 1.82) is 0 Å². The van der Waals surface area contributed by atoms with Gasteiger partial charge in [-0.2, -0.15) is 5.10 Å². The normalized spacial score (nSPS) is 11.4. The molecule has 3 nitrogen and oxygen atoms in total. The van der Waals surface area contributed by atoms with Gasteiger partial charge in [-0.1, -0.05) is 69.4 Å². The van der Waals surface area contributed by atoms with Gasteiger partial charge in [0.15, 0.2) is 0 Å². The van der Waals surface area contributed by atoms with Crippen LogP contribution in [0, 0.1) is 0 Å². The van der Waals surface area contributed by atoms with Gasteiger partial charge < -0.3 is 0 Å². The number of benzene rings is 1. The minimum Gasteiger partial charge on any atom is -0.273 e. The highest BCUT2D eigenvalue weighted by Gasteiger charge is 2.01. The van der Waals surface area contributed by atoms with Crippen LogP contribution >= 0.6 is 0 Å². The van der Waals surface area contributed by atoms with Gasteiger partial charge in [-0.15, -0.1) is 0 Å². The number of rotatable bonds is 9. The number of carbonyl (C=O) groups is 1. The Morgan fingerprint density at radius 2 is 1.70 bits per heavy atom. The fourth-order valence-electron chi connectivity index (χ4n) is 2.01. The minimum atomic E-state index is 0.00997. The summed E-state index contributed by atoms with van der Waals surface area (Å²) in [7, 11) is 0. The topological polar surface area (TPSA) is 41.5 Å². The maximum atomic E-state index is 11.6. The van der Waals surface area contributed by atoms with Crippen molar-refractivity contribution in [2.45, 2.75) is 58.8 Å². The molecule has 1 aromatic rings. The summed E-state index contributed by atoms with van der Waals surface area (Å²) in [5.41, 5.74) is 4.50. The van der Waals surface area contributed by atoms with E-state index in [-0.39, 0.29) is 5.91 Å². The molecule has 0 aliphatic heterocycles. The molecule has 0 saturated heterocycles. The van der Waals surface area contributed by atoms with Crippen molar-refractivity contribution >= 4 is 11.6 Å². The highest BCUT2D eigenvalue weighted by Crippen LogP contribution is 2.06. The molecule has 0 spiro atoms. The van der Waals surface area contributed by atoms with Crippen molar-refractivity contribution in [3.05, 3.63) is 35.9 Å². The van der Waals surface area contributed by atoms with E-state index < -0.39 is 0 Å². The zero-order chi connectivity index (χ0) is 14.6. The maximum Gasteiger partial charge on any atom is 0.240 e. The Morgan fingerprint density at radius 1 is 1.05 bits per heavy atom. The molecule has 3 heteroatoms. The lowest BCUT2D eigenvalue weighted by molar-refractivity contribution is -0.121. The lowest BCUT2D eigenvalue weighted by Crippen LogP contribution is -2.18. The molecule has 110 valence electrons. The van der Waals surface area contributed by atoms with Crippen LogP contribution in [0.1, 0.15) is 64.4 Å². The number of unbranched alkanes of at least 4 members (excludes halogenated alkanes) is 5. The zero-order valence-corrected chi connectivity index (χ0v) is 12.7. The quantitative estimate of drug-likeness (QED) is 0.407. The van der Waals surface area contributed by atoms with Crippen molar-refractivity contribution in [3.63, 3.8) is 0 Å². The van der Waals surface area contributed by atoms with Crippen LogP contribution < -0.4 is 5.43 Å². The third-order valence-electron chi connectivity index (χ3n) is 3.30. The van der Waals surface area contributed by atoms with Crippen molar-refractivity contribution in [2.24, 2.45) is 5.10 Å². The van der Waals surface area contributed by atoms with Crippen molar-refractivity contribution in [1.82, 2.24) is 5.43 Å². The molecule has 1 N–H and O–H groups in total. The summed E-state index contributed by atoms with van der Waals surface area (Å²) in [6.45, 7) is 4.11. The van der Waals surface area contributed by atoms with E-state index in [0.717, 1.165) is 24.1 Å². The molecule has 0 bridgehead atoms. The van der Waals surface area contributed by atoms with Crippen LogP contribution in [0.3, 0.4) is 0 Å². The van der Waals surface area contributed by atoms with Gasteiger partial charge in [0.1, 0.15) is 0 Å². The molecule has 0 atom stereocenters. The smallest absolute Gasteiger partial charge is 0.240 e. The molecule has 1 amide bonds. The lowest BCUT2D eigenvalue weighted by atomic mass is 10.1. The predicted molar refractivity (Wildman–Crippen MR) is 84.8 cm³/mol. The molecule has 0 aromatic heterocycles. The summed E-state index contributed by atoms with van der Waals surface area (Å²) >= 11 is 0. The van der Waals surface area contributed by atoms with Crippen molar-refractivity contribution in [2.75, 3.05) is 0 Å². The fourth-order valence-corrected chi connectivity index (χ4v) is 2.01. The first-order valence-corrected chi connectivity index (χ1v) is 7.62. The summed E-state index contributed by atoms with van der Waals surface area (Å²) < 4.78 is 0. The summed E-state index contributed by atoms with van der Waals surface area (Å²) in [5, 5.41) is 4.14. The first-order chi connectivity index (χ1) is 9.74. The molecular weight excluding hydrogens is 248 g/mol. The maximum absolute atomic E-state index is 11.6. The van der Waals surface area contributed by atoms with Gasteiger partial charge in [0.2, 0.25) is 5.91 Å². The van der Waals surface area contributed by atoms with Crippen molar-refractivity contribution < 1.29 is 4.79 Å². The van der Waals surface area contributed by atoms with Crippen LogP contribution in [-0.2, 0) is 4.79 Å². The SMILES string of the molecule is CCCCCCCCC(=O)NN=C(C)c1ccccc1. The Labute approximate surface area is 122 Å². The first-order valence-electron chi connectivity index (χ1n) is 7.62. The molecular formula is C17H26N2O. The van der Waals surface area contributed by atoms with E-state index in [0.29, 0.717) is 6.42 Å². The average Bonchev–Trinajstić information content (AvgIpc) is 2.49. The van der Waals surface area contributed by atoms with Gasteiger partial charge in [0.05, 0.1) is 5.71 Å². The number of amides is 1. The van der Waals surface area contributed by atoms with Crippen molar-refractivity contribution in [3.8, 4) is 0 Å². The second-order valence-corrected chi connectivity index (χ2v) is 5.12. The summed E-state index contributed by atoms with van der Waals surface area (Å²) in [6, 6.07) is 9.87. The second kappa shape index (κ2) is 10.2. The number of hydrazone groups is 1. The lowest BCUT2D eigenvalue weighted by Gasteiger charge is -2.03. The van der Waals surface area contributed by atoms with Gasteiger partial charge >= 0.3 is 0 Å². The number of nitrogens with one attached hydrogen (secondary N) is 1. The fraction of sp³-hybridized carbons (Fsp3) is 0.529. The van der Waals surface area contributed by atoms with Crippen LogP contribution in [0.25, 0.3) is 0 Å². The van der Waals surface area contributed by atoms with Gasteiger partial charge in [-0.05, 0) is 18.9 Å². The van der Waals surface area contributed by atoms with E-state index in [4.69, 9.17) is 0 Å². The molecule has 1 rings (SSSR count). The minimum absolute atomic E-state index is 0.00997. The van der Waals surface area contributed by atoms with E-state index in [2.05, 4.69) is 17.5 Å². The molecule has 0 radical (unpaired) electrons. The largest absolute Gasteiger partial charge is 0.273 e. The Bertz CT molecular complexity index is 412. The van der Waals surface area contributed by atoms with Crippen LogP contribution in [0.2, 0.25) is 0 Å². The van der Waals surface area contributed by atoms with Crippen LogP contribution in [0.5, 0.6) is 0 Å². The highest BCUT2D eigenvalue weighted by atomic mass is 16.2. The van der Waals surface area contributed by atoms with Crippen LogP contribution in [0.15, 0.2) is 35.4 Å². The Hall–Kier alpha value is -1.64. The molecule has 0 aliphatic carbocycles. The van der Waals surface area contributed by atoms with E-state index in [1.54, 1.807) is 0 Å². The zero-order valence-electron chi connectivity index (χ0n) is 12.7. The number of hydrogen-bond acceptors (Lipinski definition) is 2. The molecule has 0 saturated carbocycles.